The molecule has 0 radical (unpaired) electrons. The van der Waals surface area contributed by atoms with Crippen LogP contribution >= 0.6 is 8.53 Å². The van der Waals surface area contributed by atoms with Crippen LogP contribution in [0.15, 0.2) is 95.9 Å². The van der Waals surface area contributed by atoms with E-state index in [0.29, 0.717) is 11.5 Å². The minimum Gasteiger partial charge on any atom is -0.497 e. The number of hydrogen-bond acceptors (Lipinski definition) is 10. The first-order valence-corrected chi connectivity index (χ1v) is 19.1. The lowest BCUT2D eigenvalue weighted by atomic mass is 9.79. The van der Waals surface area contributed by atoms with Crippen LogP contribution in [0, 0.1) is 17.2 Å². The highest BCUT2D eigenvalue weighted by molar-refractivity contribution is 7.44. The molecule has 0 aliphatic heterocycles. The predicted octanol–water partition coefficient (Wildman–Crippen LogP) is 7.52. The largest absolute Gasteiger partial charge is 0.497 e. The molecule has 1 aromatic heterocycles. The molecule has 3 aromatic carbocycles. The number of anilines is 1. The summed E-state index contributed by atoms with van der Waals surface area (Å²) in [7, 11) is 1.64. The van der Waals surface area contributed by atoms with Crippen molar-refractivity contribution in [2.45, 2.75) is 78.3 Å². The van der Waals surface area contributed by atoms with Gasteiger partial charge in [0.25, 0.3) is 8.53 Å². The molecule has 0 spiro atoms. The Balaban J connectivity index is 1.85. The zero-order valence-electron chi connectivity index (χ0n) is 32.4. The van der Waals surface area contributed by atoms with Gasteiger partial charge < -0.3 is 28.6 Å². The monoisotopic (exact) mass is 757 g/mol. The molecule has 13 heteroatoms. The number of nitriles is 1. The van der Waals surface area contributed by atoms with Crippen LogP contribution < -0.4 is 20.5 Å². The Morgan fingerprint density at radius 1 is 0.889 bits per heavy atom. The molecule has 1 amide bonds. The van der Waals surface area contributed by atoms with Crippen molar-refractivity contribution in [3.63, 3.8) is 0 Å². The predicted molar refractivity (Wildman–Crippen MR) is 210 cm³/mol. The summed E-state index contributed by atoms with van der Waals surface area (Å²) in [5.41, 5.74) is 0.957. The molecule has 0 fully saturated rings. The molecule has 12 nitrogen and oxygen atoms in total. The van der Waals surface area contributed by atoms with E-state index < -0.39 is 31.8 Å². The van der Waals surface area contributed by atoms with Crippen LogP contribution in [-0.2, 0) is 30.7 Å². The third-order valence-electron chi connectivity index (χ3n) is 8.88. The van der Waals surface area contributed by atoms with Crippen molar-refractivity contribution < 1.29 is 28.1 Å². The first-order chi connectivity index (χ1) is 25.9. The Bertz CT molecular complexity index is 1810. The SMILES string of the molecule is COc1ccc(C(OC[C@@H](Cn2ccc(NC(C)=O)nc2=O)[C@@H](C)OP(OCCC#N)N(C(C)C)C(C)C)(c2ccccc2)c2ccc(OC)cc2)cc1. The third kappa shape index (κ3) is 10.7. The molecule has 0 saturated carbocycles. The number of amides is 1. The van der Waals surface area contributed by atoms with Gasteiger partial charge >= 0.3 is 5.69 Å². The Kier molecular flexibility index (Phi) is 15.7. The van der Waals surface area contributed by atoms with Gasteiger partial charge in [-0.05, 0) is 81.6 Å². The van der Waals surface area contributed by atoms with Crippen molar-refractivity contribution in [1.29, 1.82) is 5.26 Å². The number of carbonyl (C=O) groups is 1. The number of aromatic nitrogens is 2. The van der Waals surface area contributed by atoms with Crippen molar-refractivity contribution >= 4 is 20.3 Å². The van der Waals surface area contributed by atoms with E-state index in [-0.39, 0.29) is 50.0 Å². The summed E-state index contributed by atoms with van der Waals surface area (Å²) in [5.74, 6) is 0.819. The average molecular weight is 758 g/mol. The number of methoxy groups -OCH3 is 2. The number of nitrogens with zero attached hydrogens (tertiary/aromatic N) is 4. The van der Waals surface area contributed by atoms with E-state index in [1.165, 1.54) is 11.5 Å². The lowest BCUT2D eigenvalue weighted by molar-refractivity contribution is -0.114. The van der Waals surface area contributed by atoms with Crippen LogP contribution in [0.25, 0.3) is 0 Å². The van der Waals surface area contributed by atoms with Gasteiger partial charge in [-0.3, -0.25) is 9.36 Å². The van der Waals surface area contributed by atoms with Crippen LogP contribution in [0.2, 0.25) is 0 Å². The molecular weight excluding hydrogens is 705 g/mol. The van der Waals surface area contributed by atoms with Gasteiger partial charge in [0.2, 0.25) is 5.91 Å². The molecule has 0 saturated heterocycles. The number of nitrogens with one attached hydrogen (secondary N) is 1. The topological polar surface area (TPSA) is 137 Å². The van der Waals surface area contributed by atoms with Crippen molar-refractivity contribution in [2.24, 2.45) is 5.92 Å². The quantitative estimate of drug-likeness (QED) is 0.0548. The van der Waals surface area contributed by atoms with Gasteiger partial charge in [-0.1, -0.05) is 54.6 Å². The zero-order valence-corrected chi connectivity index (χ0v) is 33.3. The Labute approximate surface area is 320 Å². The molecule has 54 heavy (non-hydrogen) atoms. The van der Waals surface area contributed by atoms with Crippen LogP contribution in [-0.4, -0.2) is 65.7 Å². The second-order valence-corrected chi connectivity index (χ2v) is 14.8. The molecule has 0 bridgehead atoms. The van der Waals surface area contributed by atoms with Gasteiger partial charge in [0.15, 0.2) is 0 Å². The zero-order chi connectivity index (χ0) is 39.3. The second-order valence-electron chi connectivity index (χ2n) is 13.4. The van der Waals surface area contributed by atoms with Gasteiger partial charge in [0.1, 0.15) is 22.9 Å². The van der Waals surface area contributed by atoms with Crippen LogP contribution in [0.3, 0.4) is 0 Å². The van der Waals surface area contributed by atoms with Crippen molar-refractivity contribution in [3.8, 4) is 17.6 Å². The number of benzene rings is 3. The Morgan fingerprint density at radius 2 is 1.44 bits per heavy atom. The number of rotatable bonds is 20. The minimum absolute atomic E-state index is 0.0871. The maximum absolute atomic E-state index is 13.4. The van der Waals surface area contributed by atoms with E-state index in [1.54, 1.807) is 26.5 Å². The molecule has 4 aromatic rings. The van der Waals surface area contributed by atoms with E-state index in [9.17, 15) is 14.9 Å². The maximum atomic E-state index is 13.4. The van der Waals surface area contributed by atoms with Crippen LogP contribution in [0.1, 0.15) is 64.7 Å². The fourth-order valence-corrected chi connectivity index (χ4v) is 8.00. The van der Waals surface area contributed by atoms with E-state index in [0.717, 1.165) is 16.7 Å². The highest BCUT2D eigenvalue weighted by Crippen LogP contribution is 2.48. The van der Waals surface area contributed by atoms with Crippen molar-refractivity contribution in [2.75, 3.05) is 32.8 Å². The Hall–Kier alpha value is -4.63. The Morgan fingerprint density at radius 3 is 1.93 bits per heavy atom. The van der Waals surface area contributed by atoms with Gasteiger partial charge in [-0.2, -0.15) is 10.2 Å². The molecular formula is C41H52N5O7P. The smallest absolute Gasteiger partial charge is 0.349 e. The molecule has 1 heterocycles. The van der Waals surface area contributed by atoms with Gasteiger partial charge in [-0.25, -0.2) is 9.46 Å². The first kappa shape index (κ1) is 42.1. The lowest BCUT2D eigenvalue weighted by Crippen LogP contribution is -2.40. The van der Waals surface area contributed by atoms with Gasteiger partial charge in [0, 0.05) is 37.7 Å². The summed E-state index contributed by atoms with van der Waals surface area (Å²) in [6.07, 6.45) is 1.32. The molecule has 0 aliphatic rings. The summed E-state index contributed by atoms with van der Waals surface area (Å²) >= 11 is 0. The first-order valence-electron chi connectivity index (χ1n) is 18.0. The molecule has 288 valence electrons. The maximum Gasteiger partial charge on any atom is 0.349 e. The standard InChI is InChI=1S/C41H52N5O7P/c1-29(2)46(30(3)4)54(52-26-12-24-42)53-31(5)33(27-45-25-23-39(43-32(6)47)44-40(45)48)28-51-41(34-13-10-9-11-14-34,35-15-19-37(49-7)20-16-35)36-17-21-38(50-8)22-18-36/h9-11,13-23,25,29-31,33H,12,26-28H2,1-8H3,(H,43,44,47,48)/t31-,33-,54?/m1/s1. The molecule has 1 N–H and O–H groups in total. The van der Waals surface area contributed by atoms with Crippen molar-refractivity contribution in [1.82, 2.24) is 14.2 Å². The van der Waals surface area contributed by atoms with Crippen molar-refractivity contribution in [3.05, 3.63) is 118 Å². The molecule has 1 unspecified atom stereocenters. The molecule has 3 atom stereocenters. The van der Waals surface area contributed by atoms with Gasteiger partial charge in [-0.15, -0.1) is 0 Å². The highest BCUT2D eigenvalue weighted by Gasteiger charge is 2.40. The van der Waals surface area contributed by atoms with Gasteiger partial charge in [0.05, 0.1) is 46.0 Å². The summed E-state index contributed by atoms with van der Waals surface area (Å²) in [5, 5.41) is 11.9. The number of carbonyl (C=O) groups excluding carboxylic acids is 1. The normalized spacial score (nSPS) is 13.4. The van der Waals surface area contributed by atoms with E-state index in [1.807, 2.05) is 85.8 Å². The summed E-state index contributed by atoms with van der Waals surface area (Å²) in [6, 6.07) is 29.5. The molecule has 4 rings (SSSR count). The second kappa shape index (κ2) is 20.2. The highest BCUT2D eigenvalue weighted by atomic mass is 31.2. The van der Waals surface area contributed by atoms with E-state index >= 15 is 0 Å². The average Bonchev–Trinajstić information content (AvgIpc) is 3.15. The molecule has 0 aliphatic carbocycles. The van der Waals surface area contributed by atoms with E-state index in [4.69, 9.17) is 23.3 Å². The van der Waals surface area contributed by atoms with Crippen LogP contribution in [0.4, 0.5) is 5.82 Å². The fraction of sp³-hybridized carbons (Fsp3) is 0.415. The third-order valence-corrected chi connectivity index (χ3v) is 11.1. The lowest BCUT2D eigenvalue weighted by Gasteiger charge is -2.40. The number of hydrogen-bond donors (Lipinski definition) is 1. The summed E-state index contributed by atoms with van der Waals surface area (Å²) < 4.78 is 35.1. The summed E-state index contributed by atoms with van der Waals surface area (Å²) in [4.78, 5) is 29.2. The van der Waals surface area contributed by atoms with Crippen LogP contribution in [0.5, 0.6) is 11.5 Å². The summed E-state index contributed by atoms with van der Waals surface area (Å²) in [6.45, 7) is 12.1. The minimum atomic E-state index is -1.62. The number of ether oxygens (including phenoxy) is 3. The fourth-order valence-electron chi connectivity index (χ4n) is 6.24. The van der Waals surface area contributed by atoms with E-state index in [2.05, 4.69) is 48.7 Å².